The van der Waals surface area contributed by atoms with E-state index in [0.717, 1.165) is 6.42 Å². The molecule has 1 unspecified atom stereocenters. The highest BCUT2D eigenvalue weighted by molar-refractivity contribution is 7.92. The third-order valence-corrected chi connectivity index (χ3v) is 5.65. The molecule has 9 heteroatoms. The summed E-state index contributed by atoms with van der Waals surface area (Å²) in [7, 11) is -2.34. The highest BCUT2D eigenvalue weighted by Crippen LogP contribution is 2.26. The van der Waals surface area contributed by atoms with Crippen molar-refractivity contribution in [1.29, 1.82) is 0 Å². The minimum Gasteiger partial charge on any atom is -0.495 e. The molecule has 0 fully saturated rings. The number of hydrogen-bond acceptors (Lipinski definition) is 5. The molecule has 0 aromatic heterocycles. The Morgan fingerprint density at radius 1 is 1.10 bits per heavy atom. The summed E-state index contributed by atoms with van der Waals surface area (Å²) in [5.74, 6) is -0.261. The van der Waals surface area contributed by atoms with E-state index in [0.29, 0.717) is 23.5 Å². The Labute approximate surface area is 182 Å². The normalized spacial score (nSPS) is 12.2. The Morgan fingerprint density at radius 2 is 1.77 bits per heavy atom. The third-order valence-electron chi connectivity index (χ3n) is 4.27. The van der Waals surface area contributed by atoms with E-state index in [1.54, 1.807) is 43.3 Å². The van der Waals surface area contributed by atoms with Gasteiger partial charge in [-0.1, -0.05) is 31.2 Å². The second-order valence-corrected chi connectivity index (χ2v) is 8.41. The fourth-order valence-corrected chi connectivity index (χ4v) is 3.66. The van der Waals surface area contributed by atoms with Crippen LogP contribution in [0.1, 0.15) is 25.8 Å². The summed E-state index contributed by atoms with van der Waals surface area (Å²) in [6.45, 7) is 4.10. The molecule has 1 atom stereocenters. The van der Waals surface area contributed by atoms with Crippen LogP contribution in [-0.4, -0.2) is 39.9 Å². The number of benzene rings is 2. The number of carbonyl (C=O) groups is 2. The molecular formula is C22H27N3O5S. The number of carbonyl (C=O) groups excluding carboxylic acids is 2. The van der Waals surface area contributed by atoms with Gasteiger partial charge >= 0.3 is 0 Å². The fraction of sp³-hybridized carbons (Fsp3) is 0.273. The van der Waals surface area contributed by atoms with Gasteiger partial charge in [-0.15, -0.1) is 0 Å². The molecule has 166 valence electrons. The first-order valence-corrected chi connectivity index (χ1v) is 11.3. The van der Waals surface area contributed by atoms with E-state index in [1.165, 1.54) is 31.4 Å². The van der Waals surface area contributed by atoms with Gasteiger partial charge in [0.25, 0.3) is 10.0 Å². The average molecular weight is 446 g/mol. The zero-order valence-electron chi connectivity index (χ0n) is 17.7. The first kappa shape index (κ1) is 23.9. The molecule has 31 heavy (non-hydrogen) atoms. The second kappa shape index (κ2) is 11.2. The predicted molar refractivity (Wildman–Crippen MR) is 120 cm³/mol. The van der Waals surface area contributed by atoms with Crippen LogP contribution in [0.4, 0.5) is 5.69 Å². The zero-order valence-corrected chi connectivity index (χ0v) is 18.5. The van der Waals surface area contributed by atoms with Gasteiger partial charge in [-0.2, -0.15) is 0 Å². The van der Waals surface area contributed by atoms with Gasteiger partial charge in [-0.05, 0) is 49.2 Å². The number of para-hydroxylation sites is 2. The number of rotatable bonds is 10. The lowest BCUT2D eigenvalue weighted by atomic mass is 10.2. The summed E-state index contributed by atoms with van der Waals surface area (Å²) < 4.78 is 32.9. The van der Waals surface area contributed by atoms with E-state index in [9.17, 15) is 18.0 Å². The topological polar surface area (TPSA) is 114 Å². The minimum absolute atomic E-state index is 0.0706. The van der Waals surface area contributed by atoms with Gasteiger partial charge < -0.3 is 15.4 Å². The van der Waals surface area contributed by atoms with Crippen LogP contribution in [0.3, 0.4) is 0 Å². The summed E-state index contributed by atoms with van der Waals surface area (Å²) in [4.78, 5) is 23.9. The van der Waals surface area contributed by atoms with Crippen LogP contribution in [0, 0.1) is 0 Å². The lowest BCUT2D eigenvalue weighted by Crippen LogP contribution is -2.44. The standard InChI is InChI=1S/C22H27N3O5S/c1-4-15-23-22(27)16(2)24-21(26)14-11-17-9-12-18(13-10-17)31(28,29)25-19-7-5-6-8-20(19)30-3/h5-14,16,25H,4,15H2,1-3H3,(H,23,27)(H,24,26)/b14-11+. The van der Waals surface area contributed by atoms with Gasteiger partial charge in [0.05, 0.1) is 17.7 Å². The van der Waals surface area contributed by atoms with Crippen molar-refractivity contribution in [2.24, 2.45) is 0 Å². The molecule has 2 amide bonds. The largest absolute Gasteiger partial charge is 0.495 e. The molecule has 8 nitrogen and oxygen atoms in total. The molecule has 0 saturated heterocycles. The Kier molecular flexibility index (Phi) is 8.63. The van der Waals surface area contributed by atoms with Crippen molar-refractivity contribution >= 4 is 33.6 Å². The van der Waals surface area contributed by atoms with Gasteiger partial charge in [0.15, 0.2) is 0 Å². The van der Waals surface area contributed by atoms with E-state index >= 15 is 0 Å². The SMILES string of the molecule is CCCNC(=O)C(C)NC(=O)/C=C/c1ccc(S(=O)(=O)Nc2ccccc2OC)cc1. The number of methoxy groups -OCH3 is 1. The smallest absolute Gasteiger partial charge is 0.262 e. The predicted octanol–water partition coefficient (Wildman–Crippen LogP) is 2.54. The molecule has 2 aromatic carbocycles. The van der Waals surface area contributed by atoms with Gasteiger partial charge in [-0.25, -0.2) is 8.42 Å². The van der Waals surface area contributed by atoms with E-state index < -0.39 is 22.0 Å². The lowest BCUT2D eigenvalue weighted by Gasteiger charge is -2.12. The van der Waals surface area contributed by atoms with Crippen molar-refractivity contribution in [2.75, 3.05) is 18.4 Å². The van der Waals surface area contributed by atoms with Gasteiger partial charge in [0.2, 0.25) is 11.8 Å². The van der Waals surface area contributed by atoms with Gasteiger partial charge in [-0.3, -0.25) is 14.3 Å². The Morgan fingerprint density at radius 3 is 2.42 bits per heavy atom. The first-order chi connectivity index (χ1) is 14.8. The van der Waals surface area contributed by atoms with Crippen LogP contribution >= 0.6 is 0 Å². The minimum atomic E-state index is -3.80. The first-order valence-electron chi connectivity index (χ1n) is 9.79. The van der Waals surface area contributed by atoms with Crippen molar-refractivity contribution in [3.05, 3.63) is 60.2 Å². The maximum Gasteiger partial charge on any atom is 0.262 e. The van der Waals surface area contributed by atoms with Crippen molar-refractivity contribution in [3.8, 4) is 5.75 Å². The molecule has 2 rings (SSSR count). The summed E-state index contributed by atoms with van der Waals surface area (Å²) in [5, 5.41) is 5.28. The van der Waals surface area contributed by atoms with Crippen LogP contribution in [-0.2, 0) is 19.6 Å². The molecule has 0 aliphatic heterocycles. The lowest BCUT2D eigenvalue weighted by molar-refractivity contribution is -0.126. The molecule has 2 aromatic rings. The summed E-state index contributed by atoms with van der Waals surface area (Å²) in [6.07, 6.45) is 3.64. The highest BCUT2D eigenvalue weighted by Gasteiger charge is 2.16. The number of amides is 2. The zero-order chi connectivity index (χ0) is 22.9. The van der Waals surface area contributed by atoms with Crippen LogP contribution in [0.25, 0.3) is 6.08 Å². The Bertz CT molecular complexity index is 1030. The quantitative estimate of drug-likeness (QED) is 0.487. The van der Waals surface area contributed by atoms with Gasteiger partial charge in [0, 0.05) is 12.6 Å². The molecule has 3 N–H and O–H groups in total. The van der Waals surface area contributed by atoms with Crippen molar-refractivity contribution < 1.29 is 22.7 Å². The molecule has 0 spiro atoms. The van der Waals surface area contributed by atoms with Crippen LogP contribution in [0.2, 0.25) is 0 Å². The number of sulfonamides is 1. The van der Waals surface area contributed by atoms with Gasteiger partial charge in [0.1, 0.15) is 11.8 Å². The monoisotopic (exact) mass is 445 g/mol. The van der Waals surface area contributed by atoms with E-state index in [-0.39, 0.29) is 10.8 Å². The summed E-state index contributed by atoms with van der Waals surface area (Å²) in [5.41, 5.74) is 0.970. The second-order valence-electron chi connectivity index (χ2n) is 6.73. The van der Waals surface area contributed by atoms with Crippen LogP contribution in [0.15, 0.2) is 59.5 Å². The van der Waals surface area contributed by atoms with E-state index in [2.05, 4.69) is 15.4 Å². The van der Waals surface area contributed by atoms with Crippen LogP contribution in [0.5, 0.6) is 5.75 Å². The number of nitrogens with one attached hydrogen (secondary N) is 3. The molecule has 0 saturated carbocycles. The van der Waals surface area contributed by atoms with E-state index in [4.69, 9.17) is 4.74 Å². The van der Waals surface area contributed by atoms with Crippen molar-refractivity contribution in [3.63, 3.8) is 0 Å². The van der Waals surface area contributed by atoms with Crippen molar-refractivity contribution in [2.45, 2.75) is 31.2 Å². The Balaban J connectivity index is 2.01. The molecule has 0 aliphatic rings. The van der Waals surface area contributed by atoms with Crippen molar-refractivity contribution in [1.82, 2.24) is 10.6 Å². The average Bonchev–Trinajstić information content (AvgIpc) is 2.76. The molecule has 0 bridgehead atoms. The number of hydrogen-bond donors (Lipinski definition) is 3. The summed E-state index contributed by atoms with van der Waals surface area (Å²) in [6, 6.07) is 12.1. The molecular weight excluding hydrogens is 418 g/mol. The maximum atomic E-state index is 12.6. The number of ether oxygens (including phenoxy) is 1. The highest BCUT2D eigenvalue weighted by atomic mass is 32.2. The Hall–Kier alpha value is -3.33. The molecule has 0 aliphatic carbocycles. The van der Waals surface area contributed by atoms with Crippen LogP contribution < -0.4 is 20.1 Å². The third kappa shape index (κ3) is 7.14. The molecule has 0 heterocycles. The summed E-state index contributed by atoms with van der Waals surface area (Å²) >= 11 is 0. The number of anilines is 1. The molecule has 0 radical (unpaired) electrons. The van der Waals surface area contributed by atoms with E-state index in [1.807, 2.05) is 6.92 Å². The fourth-order valence-electron chi connectivity index (χ4n) is 2.59. The maximum absolute atomic E-state index is 12.6.